The zero-order valence-electron chi connectivity index (χ0n) is 14.5. The normalized spacial score (nSPS) is 11.4. The molecule has 25 heavy (non-hydrogen) atoms. The van der Waals surface area contributed by atoms with Crippen molar-refractivity contribution in [1.29, 1.82) is 0 Å². The van der Waals surface area contributed by atoms with Crippen molar-refractivity contribution in [3.8, 4) is 11.3 Å². The van der Waals surface area contributed by atoms with Crippen molar-refractivity contribution in [3.63, 3.8) is 0 Å². The quantitative estimate of drug-likeness (QED) is 0.563. The minimum absolute atomic E-state index is 0.322. The van der Waals surface area contributed by atoms with Crippen LogP contribution in [-0.2, 0) is 0 Å². The lowest BCUT2D eigenvalue weighted by molar-refractivity contribution is 0.0950. The Balaban J connectivity index is 1.70. The van der Waals surface area contributed by atoms with Gasteiger partial charge in [-0.3, -0.25) is 9.89 Å². The van der Waals surface area contributed by atoms with Crippen molar-refractivity contribution in [2.24, 2.45) is 5.10 Å². The molecular weight excluding hydrogens is 312 g/mol. The van der Waals surface area contributed by atoms with E-state index >= 15 is 0 Å². The molecule has 0 spiro atoms. The fraction of sp³-hybridized carbons (Fsp3) is 0.150. The minimum Gasteiger partial charge on any atom is -0.272 e. The Morgan fingerprint density at radius 1 is 1.00 bits per heavy atom. The summed E-state index contributed by atoms with van der Waals surface area (Å²) in [7, 11) is 0. The maximum absolute atomic E-state index is 12.2. The summed E-state index contributed by atoms with van der Waals surface area (Å²) in [5.41, 5.74) is 8.69. The van der Waals surface area contributed by atoms with Gasteiger partial charge in [0.1, 0.15) is 5.69 Å². The van der Waals surface area contributed by atoms with Gasteiger partial charge >= 0.3 is 0 Å². The van der Waals surface area contributed by atoms with E-state index in [-0.39, 0.29) is 5.91 Å². The van der Waals surface area contributed by atoms with Crippen LogP contribution in [0.2, 0.25) is 0 Å². The lowest BCUT2D eigenvalue weighted by Gasteiger charge is -2.02. The summed E-state index contributed by atoms with van der Waals surface area (Å²) in [5, 5.41) is 11.1. The number of carbonyl (C=O) groups is 1. The van der Waals surface area contributed by atoms with Gasteiger partial charge in [0.25, 0.3) is 5.91 Å². The average Bonchev–Trinajstić information content (AvgIpc) is 3.11. The van der Waals surface area contributed by atoms with Gasteiger partial charge < -0.3 is 0 Å². The molecule has 0 bridgehead atoms. The van der Waals surface area contributed by atoms with Crippen molar-refractivity contribution in [2.75, 3.05) is 0 Å². The highest BCUT2D eigenvalue weighted by atomic mass is 16.2. The lowest BCUT2D eigenvalue weighted by Crippen LogP contribution is -2.19. The number of aryl methyl sites for hydroxylation is 2. The molecule has 3 rings (SSSR count). The van der Waals surface area contributed by atoms with Crippen LogP contribution in [0.25, 0.3) is 11.3 Å². The van der Waals surface area contributed by atoms with Crippen molar-refractivity contribution < 1.29 is 4.79 Å². The van der Waals surface area contributed by atoms with Crippen LogP contribution in [0, 0.1) is 13.8 Å². The number of amides is 1. The molecule has 126 valence electrons. The maximum atomic E-state index is 12.2. The number of hydrogen-bond acceptors (Lipinski definition) is 3. The van der Waals surface area contributed by atoms with Gasteiger partial charge in [0, 0.05) is 5.56 Å². The number of aromatic amines is 1. The van der Waals surface area contributed by atoms with E-state index in [0.717, 1.165) is 22.5 Å². The van der Waals surface area contributed by atoms with E-state index in [1.54, 1.807) is 6.07 Å². The maximum Gasteiger partial charge on any atom is 0.289 e. The molecule has 2 N–H and O–H groups in total. The summed E-state index contributed by atoms with van der Waals surface area (Å²) in [6, 6.07) is 17.7. The topological polar surface area (TPSA) is 70.1 Å². The monoisotopic (exact) mass is 332 g/mol. The largest absolute Gasteiger partial charge is 0.289 e. The number of nitrogens with zero attached hydrogens (tertiary/aromatic N) is 2. The molecule has 1 aromatic heterocycles. The molecule has 1 amide bonds. The van der Waals surface area contributed by atoms with Crippen molar-refractivity contribution in [1.82, 2.24) is 15.6 Å². The number of carbonyl (C=O) groups excluding carboxylic acids is 1. The zero-order valence-corrected chi connectivity index (χ0v) is 14.5. The van der Waals surface area contributed by atoms with Crippen molar-refractivity contribution >= 4 is 11.6 Å². The van der Waals surface area contributed by atoms with Crippen LogP contribution in [0.15, 0.2) is 59.7 Å². The second-order valence-electron chi connectivity index (χ2n) is 6.04. The van der Waals surface area contributed by atoms with E-state index in [0.29, 0.717) is 5.69 Å². The molecule has 0 aliphatic rings. The fourth-order valence-electron chi connectivity index (χ4n) is 2.36. The van der Waals surface area contributed by atoms with Gasteiger partial charge in [-0.1, -0.05) is 59.7 Å². The van der Waals surface area contributed by atoms with E-state index in [4.69, 9.17) is 0 Å². The Morgan fingerprint density at radius 2 is 1.60 bits per heavy atom. The third-order valence-corrected chi connectivity index (χ3v) is 3.96. The van der Waals surface area contributed by atoms with Crippen LogP contribution in [0.5, 0.6) is 0 Å². The van der Waals surface area contributed by atoms with E-state index in [2.05, 4.69) is 20.7 Å². The Hall–Kier alpha value is -3.21. The molecule has 0 fully saturated rings. The second kappa shape index (κ2) is 7.13. The van der Waals surface area contributed by atoms with E-state index in [9.17, 15) is 4.79 Å². The number of hydrogen-bond donors (Lipinski definition) is 2. The number of hydrazone groups is 1. The van der Waals surface area contributed by atoms with Crippen LogP contribution in [0.3, 0.4) is 0 Å². The van der Waals surface area contributed by atoms with Crippen molar-refractivity contribution in [3.05, 3.63) is 77.0 Å². The Morgan fingerprint density at radius 3 is 2.24 bits per heavy atom. The van der Waals surface area contributed by atoms with E-state index < -0.39 is 0 Å². The Labute approximate surface area is 146 Å². The molecule has 1 heterocycles. The van der Waals surface area contributed by atoms with Gasteiger partial charge in [-0.05, 0) is 32.4 Å². The third-order valence-electron chi connectivity index (χ3n) is 3.96. The minimum atomic E-state index is -0.322. The van der Waals surface area contributed by atoms with Gasteiger partial charge in [-0.25, -0.2) is 5.43 Å². The Bertz CT molecular complexity index is 906. The predicted octanol–water partition coefficient (Wildman–Crippen LogP) is 3.85. The summed E-state index contributed by atoms with van der Waals surface area (Å²) in [6.07, 6.45) is 0. The van der Waals surface area contributed by atoms with Crippen LogP contribution in [0.4, 0.5) is 0 Å². The molecule has 0 saturated carbocycles. The molecule has 0 atom stereocenters. The summed E-state index contributed by atoms with van der Waals surface area (Å²) in [5.74, 6) is -0.322. The molecule has 3 aromatic rings. The smallest absolute Gasteiger partial charge is 0.272 e. The van der Waals surface area contributed by atoms with Gasteiger partial charge in [0.15, 0.2) is 0 Å². The second-order valence-corrected chi connectivity index (χ2v) is 6.04. The van der Waals surface area contributed by atoms with Gasteiger partial charge in [0.2, 0.25) is 0 Å². The number of H-pyrrole nitrogens is 1. The molecular formula is C20H20N4O. The first-order valence-corrected chi connectivity index (χ1v) is 8.07. The average molecular weight is 332 g/mol. The first-order valence-electron chi connectivity index (χ1n) is 8.07. The van der Waals surface area contributed by atoms with Crippen molar-refractivity contribution in [2.45, 2.75) is 20.8 Å². The predicted molar refractivity (Wildman–Crippen MR) is 99.6 cm³/mol. The number of nitrogens with one attached hydrogen (secondary N) is 2. The molecule has 5 nitrogen and oxygen atoms in total. The first kappa shape index (κ1) is 16.6. The summed E-state index contributed by atoms with van der Waals surface area (Å²) < 4.78 is 0. The SMILES string of the molecule is C/C(=N\NC(=O)c1cc(-c2ccc(C)cc2)n[nH]1)c1ccc(C)cc1. The molecule has 2 aromatic carbocycles. The fourth-order valence-corrected chi connectivity index (χ4v) is 2.36. The summed E-state index contributed by atoms with van der Waals surface area (Å²) >= 11 is 0. The van der Waals surface area contributed by atoms with Crippen LogP contribution >= 0.6 is 0 Å². The van der Waals surface area contributed by atoms with Crippen LogP contribution < -0.4 is 5.43 Å². The molecule has 0 aliphatic carbocycles. The van der Waals surface area contributed by atoms with Crippen LogP contribution in [0.1, 0.15) is 34.1 Å². The van der Waals surface area contributed by atoms with Crippen LogP contribution in [-0.4, -0.2) is 21.8 Å². The third kappa shape index (κ3) is 4.01. The highest BCUT2D eigenvalue weighted by molar-refractivity contribution is 6.00. The van der Waals surface area contributed by atoms with Gasteiger partial charge in [-0.15, -0.1) is 0 Å². The standard InChI is InChI=1S/C20H20N4O/c1-13-4-8-16(9-5-13)15(3)21-24-20(25)19-12-18(22-23-19)17-10-6-14(2)7-11-17/h4-12H,1-3H3,(H,22,23)(H,24,25)/b21-15+. The van der Waals surface area contributed by atoms with Gasteiger partial charge in [0.05, 0.1) is 11.4 Å². The zero-order chi connectivity index (χ0) is 17.8. The van der Waals surface area contributed by atoms with E-state index in [1.165, 1.54) is 11.1 Å². The molecule has 0 unspecified atom stereocenters. The highest BCUT2D eigenvalue weighted by Gasteiger charge is 2.10. The van der Waals surface area contributed by atoms with E-state index in [1.807, 2.05) is 69.3 Å². The molecule has 5 heteroatoms. The Kier molecular flexibility index (Phi) is 4.75. The first-order chi connectivity index (χ1) is 12.0. The number of benzene rings is 2. The lowest BCUT2D eigenvalue weighted by atomic mass is 10.1. The van der Waals surface area contributed by atoms with Gasteiger partial charge in [-0.2, -0.15) is 10.2 Å². The summed E-state index contributed by atoms with van der Waals surface area (Å²) in [6.45, 7) is 5.92. The number of rotatable bonds is 4. The highest BCUT2D eigenvalue weighted by Crippen LogP contribution is 2.18. The summed E-state index contributed by atoms with van der Waals surface area (Å²) in [4.78, 5) is 12.2. The molecule has 0 aliphatic heterocycles. The molecule has 0 saturated heterocycles. The molecule has 0 radical (unpaired) electrons. The number of aromatic nitrogens is 2.